The molecule has 5 atom stereocenters. The Kier molecular flexibility index (Phi) is 23.9. The first-order valence-electron chi connectivity index (χ1n) is 21.5. The Labute approximate surface area is 362 Å². The zero-order chi connectivity index (χ0) is 46.0. The van der Waals surface area contributed by atoms with Crippen molar-refractivity contribution in [3.63, 3.8) is 0 Å². The molecule has 0 saturated carbocycles. The average molecular weight is 868 g/mol. The number of carboxylic acid groups (broad SMARTS) is 1. The van der Waals surface area contributed by atoms with E-state index in [1.165, 1.54) is 6.07 Å². The van der Waals surface area contributed by atoms with Crippen LogP contribution in [-0.4, -0.2) is 80.7 Å². The molecule has 0 heterocycles. The molecule has 18 nitrogen and oxygen atoms in total. The van der Waals surface area contributed by atoms with Gasteiger partial charge in [-0.05, 0) is 36.0 Å². The summed E-state index contributed by atoms with van der Waals surface area (Å²) < 4.78 is 0. The summed E-state index contributed by atoms with van der Waals surface area (Å²) in [7, 11) is 0. The lowest BCUT2D eigenvalue weighted by atomic mass is 9.96. The van der Waals surface area contributed by atoms with E-state index in [1.54, 1.807) is 30.3 Å². The number of phenols is 1. The van der Waals surface area contributed by atoms with Crippen LogP contribution in [0.1, 0.15) is 128 Å². The second-order valence-corrected chi connectivity index (χ2v) is 15.8. The number of nitro groups is 1. The lowest BCUT2D eigenvalue weighted by Gasteiger charge is -2.26. The van der Waals surface area contributed by atoms with Crippen molar-refractivity contribution in [3.05, 3.63) is 69.8 Å². The van der Waals surface area contributed by atoms with E-state index in [1.807, 2.05) is 13.8 Å². The number of phenolic OH excluding ortho intramolecular Hbond substituents is 1. The number of unbranched alkanes of at least 4 members (excludes halogenated alkanes) is 11. The fourth-order valence-electron chi connectivity index (χ4n) is 6.85. The molecule has 342 valence electrons. The predicted molar refractivity (Wildman–Crippen MR) is 231 cm³/mol. The first-order chi connectivity index (χ1) is 29.5. The van der Waals surface area contributed by atoms with Gasteiger partial charge in [-0.15, -0.1) is 0 Å². The lowest BCUT2D eigenvalue weighted by molar-refractivity contribution is -0.385. The lowest BCUT2D eigenvalue weighted by Crippen LogP contribution is -2.55. The fraction of sp³-hybridized carbons (Fsp3) is 0.568. The number of primary amides is 2. The van der Waals surface area contributed by atoms with Crippen LogP contribution in [-0.2, 0) is 46.4 Å². The maximum absolute atomic E-state index is 13.2. The Bertz CT molecular complexity index is 1790. The smallest absolute Gasteiger partial charge is 0.326 e. The Morgan fingerprint density at radius 1 is 0.661 bits per heavy atom. The predicted octanol–water partition coefficient (Wildman–Crippen LogP) is 3.98. The molecule has 0 aliphatic heterocycles. The summed E-state index contributed by atoms with van der Waals surface area (Å²) in [6.45, 7) is 3.68. The van der Waals surface area contributed by atoms with Crippen LogP contribution in [0.5, 0.6) is 5.75 Å². The second-order valence-electron chi connectivity index (χ2n) is 15.8. The van der Waals surface area contributed by atoms with Crippen molar-refractivity contribution in [3.8, 4) is 5.75 Å². The molecule has 0 radical (unpaired) electrons. The van der Waals surface area contributed by atoms with E-state index < -0.39 is 82.5 Å². The average Bonchev–Trinajstić information content (AvgIpc) is 3.22. The number of carboxylic acids is 1. The molecule has 0 aliphatic carbocycles. The number of carbonyl (C=O) groups is 7. The van der Waals surface area contributed by atoms with Crippen molar-refractivity contribution in [2.75, 3.05) is 0 Å². The van der Waals surface area contributed by atoms with E-state index >= 15 is 0 Å². The highest BCUT2D eigenvalue weighted by atomic mass is 16.6. The van der Waals surface area contributed by atoms with E-state index in [4.69, 9.17) is 11.5 Å². The maximum Gasteiger partial charge on any atom is 0.326 e. The molecule has 0 bridgehead atoms. The molecule has 10 N–H and O–H groups in total. The molecule has 2 rings (SSSR count). The molecule has 0 spiro atoms. The van der Waals surface area contributed by atoms with Gasteiger partial charge in [-0.25, -0.2) is 4.79 Å². The molecule has 0 aliphatic rings. The Morgan fingerprint density at radius 3 is 1.65 bits per heavy atom. The summed E-state index contributed by atoms with van der Waals surface area (Å²) >= 11 is 0. The number of aromatic hydroxyl groups is 1. The van der Waals surface area contributed by atoms with Gasteiger partial charge in [0.15, 0.2) is 5.75 Å². The van der Waals surface area contributed by atoms with Gasteiger partial charge in [-0.2, -0.15) is 0 Å². The van der Waals surface area contributed by atoms with Crippen LogP contribution in [0.2, 0.25) is 0 Å². The zero-order valence-corrected chi connectivity index (χ0v) is 35.9. The number of nitro benzene ring substituents is 1. The van der Waals surface area contributed by atoms with Gasteiger partial charge in [-0.3, -0.25) is 38.9 Å². The number of nitrogens with two attached hydrogens (primary N) is 2. The minimum Gasteiger partial charge on any atom is -0.502 e. The molecular weight excluding hydrogens is 803 g/mol. The van der Waals surface area contributed by atoms with Gasteiger partial charge in [0.25, 0.3) is 0 Å². The van der Waals surface area contributed by atoms with Crippen molar-refractivity contribution in [1.29, 1.82) is 0 Å². The van der Waals surface area contributed by atoms with Gasteiger partial charge in [0.05, 0.1) is 11.3 Å². The standard InChI is InChI=1S/C44H65N7O11/c1-3-29(2)40(43(58)48-32(41(46)56)26-31-23-24-36(52)35(27-31)51(61)62)50-39(55)22-18-13-11-9-7-5-4-6-8-10-12-17-21-38(54)47-33(28-37(45)53)42(57)49-34(44(59)60)25-30-19-15-14-16-20-30/h14-16,19-20,23-24,27,29,32-34,40,52H,3-13,17-18,21-22,25-26,28H2,1-2H3,(H2,45,53)(H2,46,56)(H,47,54)(H,48,58)(H,49,57)(H,50,55)(H,59,60)/t29-,32-,33-,34-,40-/m0/s1. The quantitative estimate of drug-likeness (QED) is 0.0296. The number of carbonyl (C=O) groups excluding carboxylic acids is 6. The highest BCUT2D eigenvalue weighted by molar-refractivity contribution is 5.94. The number of nitrogens with one attached hydrogen (secondary N) is 4. The van der Waals surface area contributed by atoms with Gasteiger partial charge < -0.3 is 42.9 Å². The molecule has 0 saturated heterocycles. The Balaban J connectivity index is 1.60. The molecular formula is C44H65N7O11. The van der Waals surface area contributed by atoms with E-state index in [0.29, 0.717) is 30.4 Å². The molecule has 0 unspecified atom stereocenters. The van der Waals surface area contributed by atoms with Gasteiger partial charge >= 0.3 is 11.7 Å². The van der Waals surface area contributed by atoms with Crippen molar-refractivity contribution in [2.45, 2.75) is 154 Å². The molecule has 6 amide bonds. The number of hydrogen-bond acceptors (Lipinski definition) is 10. The largest absolute Gasteiger partial charge is 0.502 e. The minimum atomic E-state index is -1.28. The first-order valence-corrected chi connectivity index (χ1v) is 21.5. The highest BCUT2D eigenvalue weighted by Crippen LogP contribution is 2.27. The van der Waals surface area contributed by atoms with Crippen LogP contribution in [0.15, 0.2) is 48.5 Å². The number of rotatable bonds is 32. The molecule has 0 aromatic heterocycles. The third-order valence-corrected chi connectivity index (χ3v) is 10.7. The molecule has 2 aromatic carbocycles. The Morgan fingerprint density at radius 2 is 1.16 bits per heavy atom. The van der Waals surface area contributed by atoms with Crippen LogP contribution < -0.4 is 32.7 Å². The Hall–Kier alpha value is -6.07. The number of hydrogen-bond donors (Lipinski definition) is 8. The van der Waals surface area contributed by atoms with Crippen molar-refractivity contribution in [2.24, 2.45) is 17.4 Å². The molecule has 62 heavy (non-hydrogen) atoms. The van der Waals surface area contributed by atoms with Crippen LogP contribution in [0, 0.1) is 16.0 Å². The van der Waals surface area contributed by atoms with E-state index in [9.17, 15) is 53.9 Å². The third kappa shape index (κ3) is 20.5. The number of benzene rings is 2. The summed E-state index contributed by atoms with van der Waals surface area (Å²) in [4.78, 5) is 97.6. The van der Waals surface area contributed by atoms with E-state index in [-0.39, 0.29) is 37.5 Å². The normalized spacial score (nSPS) is 13.4. The monoisotopic (exact) mass is 867 g/mol. The van der Waals surface area contributed by atoms with Gasteiger partial charge in [0.1, 0.15) is 24.2 Å². The number of aliphatic carboxylic acids is 1. The summed E-state index contributed by atoms with van der Waals surface area (Å²) in [5, 5.41) is 40.9. The van der Waals surface area contributed by atoms with Crippen LogP contribution in [0.25, 0.3) is 0 Å². The number of nitrogens with zero attached hydrogens (tertiary/aromatic N) is 1. The van der Waals surface area contributed by atoms with Gasteiger partial charge in [0.2, 0.25) is 35.4 Å². The molecule has 18 heteroatoms. The zero-order valence-electron chi connectivity index (χ0n) is 35.9. The fourth-order valence-corrected chi connectivity index (χ4v) is 6.85. The van der Waals surface area contributed by atoms with Gasteiger partial charge in [0, 0.05) is 31.7 Å². The third-order valence-electron chi connectivity index (χ3n) is 10.7. The minimum absolute atomic E-state index is 0.0327. The summed E-state index contributed by atoms with van der Waals surface area (Å²) in [5.41, 5.74) is 11.3. The first kappa shape index (κ1) is 52.1. The van der Waals surface area contributed by atoms with Crippen LogP contribution >= 0.6 is 0 Å². The van der Waals surface area contributed by atoms with Crippen LogP contribution in [0.3, 0.4) is 0 Å². The summed E-state index contributed by atoms with van der Waals surface area (Å²) in [5.74, 6) is -5.76. The SMILES string of the molecule is CC[C@H](C)[C@H](NC(=O)CCCCCCCCCCCCCCC(=O)N[C@@H](CC(N)=O)C(=O)N[C@@H](Cc1ccccc1)C(=O)O)C(=O)N[C@@H](Cc1ccc(O)c([N+](=O)[O-])c1)C(N)=O. The van der Waals surface area contributed by atoms with E-state index in [2.05, 4.69) is 21.3 Å². The van der Waals surface area contributed by atoms with Crippen LogP contribution in [0.4, 0.5) is 5.69 Å². The molecule has 0 fully saturated rings. The van der Waals surface area contributed by atoms with E-state index in [0.717, 1.165) is 76.3 Å². The van der Waals surface area contributed by atoms with Crippen molar-refractivity contribution < 1.29 is 48.7 Å². The number of amides is 6. The van der Waals surface area contributed by atoms with Crippen molar-refractivity contribution >= 4 is 47.1 Å². The maximum atomic E-state index is 13.2. The van der Waals surface area contributed by atoms with Crippen molar-refractivity contribution in [1.82, 2.24) is 21.3 Å². The molecule has 2 aromatic rings. The summed E-state index contributed by atoms with van der Waals surface area (Å²) in [6.07, 6.45) is 11.6. The van der Waals surface area contributed by atoms with Gasteiger partial charge in [-0.1, -0.05) is 121 Å². The summed E-state index contributed by atoms with van der Waals surface area (Å²) in [6, 6.07) is 7.77. The highest BCUT2D eigenvalue weighted by Gasteiger charge is 2.30. The topological polar surface area (TPSA) is 303 Å². The second kappa shape index (κ2) is 28.5.